The lowest BCUT2D eigenvalue weighted by Crippen LogP contribution is -2.31. The smallest absolute Gasteiger partial charge is 0.415 e. The van der Waals surface area contributed by atoms with Gasteiger partial charge in [0.2, 0.25) is 0 Å². The summed E-state index contributed by atoms with van der Waals surface area (Å²) >= 11 is 0. The van der Waals surface area contributed by atoms with Crippen molar-refractivity contribution < 1.29 is 23.4 Å². The largest absolute Gasteiger partial charge is 0.464 e. The van der Waals surface area contributed by atoms with E-state index in [-0.39, 0.29) is 18.3 Å². The van der Waals surface area contributed by atoms with E-state index in [1.54, 1.807) is 0 Å². The number of methoxy groups -OCH3 is 1. The number of ether oxygens (including phenoxy) is 3. The van der Waals surface area contributed by atoms with Crippen molar-refractivity contribution in [2.45, 2.75) is 0 Å². The third-order valence-corrected chi connectivity index (χ3v) is 2.51. The van der Waals surface area contributed by atoms with E-state index in [2.05, 4.69) is 0 Å². The molecule has 0 bridgehead atoms. The second-order valence-electron chi connectivity index (χ2n) is 3.89. The Morgan fingerprint density at radius 2 is 2.05 bits per heavy atom. The van der Waals surface area contributed by atoms with Gasteiger partial charge in [-0.25, -0.2) is 9.18 Å². The minimum atomic E-state index is -0.501. The van der Waals surface area contributed by atoms with Crippen molar-refractivity contribution in [3.63, 3.8) is 0 Å². The molecule has 0 unspecified atom stereocenters. The first-order valence-corrected chi connectivity index (χ1v) is 5.74. The number of hydrogen-bond acceptors (Lipinski definition) is 4. The summed E-state index contributed by atoms with van der Waals surface area (Å²) in [4.78, 5) is 13.3. The molecule has 6 heteroatoms. The summed E-state index contributed by atoms with van der Waals surface area (Å²) in [6.45, 7) is 0.960. The van der Waals surface area contributed by atoms with Gasteiger partial charge in [0.25, 0.3) is 0 Å². The summed E-state index contributed by atoms with van der Waals surface area (Å²) in [6.07, 6.45) is 3.24. The van der Waals surface area contributed by atoms with Gasteiger partial charge >= 0.3 is 6.09 Å². The number of hydrogen-bond donors (Lipinski definition) is 0. The minimum absolute atomic E-state index is 0.0563. The number of nitrogens with zero attached hydrogens (tertiary/aromatic N) is 1. The highest BCUT2D eigenvalue weighted by Gasteiger charge is 2.18. The first-order valence-electron chi connectivity index (χ1n) is 5.74. The average molecular weight is 267 g/mol. The Morgan fingerprint density at radius 3 is 2.74 bits per heavy atom. The van der Waals surface area contributed by atoms with Gasteiger partial charge in [-0.3, -0.25) is 0 Å². The van der Waals surface area contributed by atoms with E-state index in [1.807, 2.05) is 12.2 Å². The Balaban J connectivity index is 2.07. The van der Waals surface area contributed by atoms with Gasteiger partial charge in [0.05, 0.1) is 0 Å². The van der Waals surface area contributed by atoms with Crippen LogP contribution in [-0.2, 0) is 4.74 Å². The van der Waals surface area contributed by atoms with Crippen molar-refractivity contribution in [1.82, 2.24) is 4.90 Å². The predicted octanol–water partition coefficient (Wildman–Crippen LogP) is 2.18. The second kappa shape index (κ2) is 6.19. The van der Waals surface area contributed by atoms with E-state index in [9.17, 15) is 9.18 Å². The van der Waals surface area contributed by atoms with Crippen LogP contribution >= 0.6 is 0 Å². The zero-order chi connectivity index (χ0) is 13.7. The van der Waals surface area contributed by atoms with Crippen LogP contribution in [-0.4, -0.2) is 38.0 Å². The number of benzene rings is 1. The molecule has 5 nitrogen and oxygen atoms in total. The molecule has 1 heterocycles. The molecule has 0 aliphatic carbocycles. The van der Waals surface area contributed by atoms with Crippen LogP contribution in [0, 0.1) is 5.82 Å². The van der Waals surface area contributed by atoms with Gasteiger partial charge in [0, 0.05) is 26.3 Å². The molecule has 0 spiro atoms. The quantitative estimate of drug-likeness (QED) is 0.619. The van der Waals surface area contributed by atoms with Crippen molar-refractivity contribution >= 4 is 6.09 Å². The monoisotopic (exact) mass is 267 g/mol. The minimum Gasteiger partial charge on any atom is -0.464 e. The van der Waals surface area contributed by atoms with Crippen LogP contribution in [0.15, 0.2) is 30.4 Å². The van der Waals surface area contributed by atoms with Crippen LogP contribution in [0.5, 0.6) is 11.5 Å². The van der Waals surface area contributed by atoms with Crippen molar-refractivity contribution in [2.75, 3.05) is 27.0 Å². The maximum Gasteiger partial charge on any atom is 0.415 e. The fourth-order valence-corrected chi connectivity index (χ4v) is 1.59. The molecule has 1 aliphatic heterocycles. The molecule has 1 aliphatic rings. The summed E-state index contributed by atoms with van der Waals surface area (Å²) in [5, 5.41) is 0. The number of amides is 1. The Labute approximate surface area is 110 Å². The van der Waals surface area contributed by atoms with Crippen molar-refractivity contribution in [3.05, 3.63) is 36.2 Å². The van der Waals surface area contributed by atoms with Crippen LogP contribution in [0.25, 0.3) is 0 Å². The average Bonchev–Trinajstić information content (AvgIpc) is 2.93. The standard InChI is InChI=1S/C13H14FNO4/c1-17-9-18-12-8-10(14)4-5-11(12)19-13(16)15-6-2-3-7-15/h2-5,8H,6-7,9H2,1H3. The van der Waals surface area contributed by atoms with E-state index >= 15 is 0 Å². The lowest BCUT2D eigenvalue weighted by atomic mass is 10.3. The Morgan fingerprint density at radius 1 is 1.32 bits per heavy atom. The molecule has 2 rings (SSSR count). The first kappa shape index (κ1) is 13.4. The fourth-order valence-electron chi connectivity index (χ4n) is 1.59. The molecule has 0 atom stereocenters. The SMILES string of the molecule is COCOc1cc(F)ccc1OC(=O)N1CC=CC1. The highest BCUT2D eigenvalue weighted by molar-refractivity contribution is 5.72. The molecule has 102 valence electrons. The zero-order valence-corrected chi connectivity index (χ0v) is 10.5. The molecule has 1 amide bonds. The highest BCUT2D eigenvalue weighted by atomic mass is 19.1. The van der Waals surface area contributed by atoms with Gasteiger partial charge < -0.3 is 19.1 Å². The zero-order valence-electron chi connectivity index (χ0n) is 10.5. The fraction of sp³-hybridized carbons (Fsp3) is 0.308. The molecular formula is C13H14FNO4. The van der Waals surface area contributed by atoms with Crippen LogP contribution in [0.4, 0.5) is 9.18 Å². The van der Waals surface area contributed by atoms with Crippen LogP contribution in [0.1, 0.15) is 0 Å². The number of carbonyl (C=O) groups excluding carboxylic acids is 1. The van der Waals surface area contributed by atoms with E-state index in [4.69, 9.17) is 14.2 Å². The third kappa shape index (κ3) is 3.45. The number of rotatable bonds is 4. The van der Waals surface area contributed by atoms with Crippen LogP contribution in [0.3, 0.4) is 0 Å². The number of carbonyl (C=O) groups is 1. The van der Waals surface area contributed by atoms with Crippen LogP contribution in [0.2, 0.25) is 0 Å². The topological polar surface area (TPSA) is 48.0 Å². The highest BCUT2D eigenvalue weighted by Crippen LogP contribution is 2.28. The van der Waals surface area contributed by atoms with Gasteiger partial charge in [0.1, 0.15) is 5.82 Å². The summed E-state index contributed by atoms with van der Waals surface area (Å²) in [7, 11) is 1.45. The molecule has 0 aromatic heterocycles. The predicted molar refractivity (Wildman–Crippen MR) is 65.6 cm³/mol. The summed E-state index contributed by atoms with van der Waals surface area (Å²) < 4.78 is 28.2. The summed E-state index contributed by atoms with van der Waals surface area (Å²) in [5.74, 6) is -0.188. The molecule has 1 aromatic carbocycles. The van der Waals surface area contributed by atoms with Crippen molar-refractivity contribution in [1.29, 1.82) is 0 Å². The molecule has 0 fully saturated rings. The summed E-state index contributed by atoms with van der Waals surface area (Å²) in [5.41, 5.74) is 0. The number of halogens is 1. The van der Waals surface area contributed by atoms with Gasteiger partial charge in [-0.1, -0.05) is 12.2 Å². The van der Waals surface area contributed by atoms with E-state index < -0.39 is 11.9 Å². The Hall–Kier alpha value is -2.08. The van der Waals surface area contributed by atoms with E-state index in [0.717, 1.165) is 6.07 Å². The van der Waals surface area contributed by atoms with Crippen molar-refractivity contribution in [3.8, 4) is 11.5 Å². The van der Waals surface area contributed by atoms with E-state index in [1.165, 1.54) is 24.1 Å². The van der Waals surface area contributed by atoms with E-state index in [0.29, 0.717) is 13.1 Å². The molecule has 0 N–H and O–H groups in total. The first-order chi connectivity index (χ1) is 9.20. The molecule has 19 heavy (non-hydrogen) atoms. The van der Waals surface area contributed by atoms with Gasteiger partial charge in [-0.05, 0) is 12.1 Å². The van der Waals surface area contributed by atoms with Crippen LogP contribution < -0.4 is 9.47 Å². The molecule has 0 radical (unpaired) electrons. The maximum absolute atomic E-state index is 13.1. The second-order valence-corrected chi connectivity index (χ2v) is 3.89. The van der Waals surface area contributed by atoms with Gasteiger partial charge in [0.15, 0.2) is 18.3 Å². The normalized spacial score (nSPS) is 13.7. The summed E-state index contributed by atoms with van der Waals surface area (Å²) in [6, 6.07) is 3.69. The molecule has 0 saturated carbocycles. The van der Waals surface area contributed by atoms with Gasteiger partial charge in [-0.15, -0.1) is 0 Å². The molecular weight excluding hydrogens is 253 g/mol. The lowest BCUT2D eigenvalue weighted by molar-refractivity contribution is 0.0486. The third-order valence-electron chi connectivity index (χ3n) is 2.51. The Bertz CT molecular complexity index is 482. The van der Waals surface area contributed by atoms with Gasteiger partial charge in [-0.2, -0.15) is 0 Å². The molecule has 1 aromatic rings. The van der Waals surface area contributed by atoms with Crippen molar-refractivity contribution in [2.24, 2.45) is 0 Å². The maximum atomic E-state index is 13.1. The Kier molecular flexibility index (Phi) is 4.35. The molecule has 0 saturated heterocycles. The lowest BCUT2D eigenvalue weighted by Gasteiger charge is -2.16.